The molecule has 0 unspecified atom stereocenters. The van der Waals surface area contributed by atoms with Crippen LogP contribution in [-0.4, -0.2) is 61.7 Å². The zero-order valence-corrected chi connectivity index (χ0v) is 21.2. The standard InChI is InChI=1S/C26H31N3O8/c1-26(2,3)37-21(30)15-28-23(32)20(29-25(34)36-16-17-8-6-5-7-9-17)14-27-22(31)18-10-12-19(13-11-18)24(33)35-4/h5-13,20H,14-16H2,1-4H3,(H,27,31)(H,28,32)(H,29,34)/t20-/m0/s1. The Morgan fingerprint density at radius 1 is 0.865 bits per heavy atom. The van der Waals surface area contributed by atoms with Gasteiger partial charge in [-0.25, -0.2) is 9.59 Å². The van der Waals surface area contributed by atoms with Gasteiger partial charge in [-0.05, 0) is 50.6 Å². The Morgan fingerprint density at radius 3 is 2.08 bits per heavy atom. The summed E-state index contributed by atoms with van der Waals surface area (Å²) in [5.74, 6) is -2.50. The van der Waals surface area contributed by atoms with Crippen molar-refractivity contribution in [3.8, 4) is 0 Å². The van der Waals surface area contributed by atoms with Gasteiger partial charge >= 0.3 is 18.0 Å². The number of carbonyl (C=O) groups excluding carboxylic acids is 5. The Kier molecular flexibility index (Phi) is 10.6. The summed E-state index contributed by atoms with van der Waals surface area (Å²) >= 11 is 0. The van der Waals surface area contributed by atoms with E-state index in [0.29, 0.717) is 0 Å². The maximum atomic E-state index is 12.7. The molecule has 0 radical (unpaired) electrons. The molecule has 2 aromatic carbocycles. The molecule has 0 aromatic heterocycles. The number of hydrogen-bond acceptors (Lipinski definition) is 8. The molecule has 11 nitrogen and oxygen atoms in total. The summed E-state index contributed by atoms with van der Waals surface area (Å²) in [6.07, 6.45) is -0.891. The Labute approximate surface area is 214 Å². The molecule has 198 valence electrons. The van der Waals surface area contributed by atoms with Crippen molar-refractivity contribution >= 4 is 29.8 Å². The van der Waals surface area contributed by atoms with Crippen molar-refractivity contribution in [3.63, 3.8) is 0 Å². The zero-order chi connectivity index (χ0) is 27.4. The summed E-state index contributed by atoms with van der Waals surface area (Å²) in [4.78, 5) is 61.2. The number of hydrogen-bond donors (Lipinski definition) is 3. The van der Waals surface area contributed by atoms with Crippen LogP contribution in [0.15, 0.2) is 54.6 Å². The molecule has 2 aromatic rings. The summed E-state index contributed by atoms with van der Waals surface area (Å²) in [5.41, 5.74) is 0.485. The Balaban J connectivity index is 2.01. The molecule has 0 aliphatic carbocycles. The fourth-order valence-corrected chi connectivity index (χ4v) is 2.95. The number of amides is 3. The van der Waals surface area contributed by atoms with E-state index in [1.54, 1.807) is 45.0 Å². The summed E-state index contributed by atoms with van der Waals surface area (Å²) in [6.45, 7) is 4.29. The van der Waals surface area contributed by atoms with E-state index in [1.807, 2.05) is 6.07 Å². The van der Waals surface area contributed by atoms with Crippen molar-refractivity contribution in [2.45, 2.75) is 39.0 Å². The molecule has 11 heteroatoms. The quantitative estimate of drug-likeness (QED) is 0.322. The van der Waals surface area contributed by atoms with Gasteiger partial charge in [0.1, 0.15) is 24.8 Å². The van der Waals surface area contributed by atoms with Crippen LogP contribution in [0.3, 0.4) is 0 Å². The minimum atomic E-state index is -1.26. The van der Waals surface area contributed by atoms with Gasteiger partial charge in [-0.1, -0.05) is 30.3 Å². The maximum Gasteiger partial charge on any atom is 0.408 e. The molecule has 0 heterocycles. The summed E-state index contributed by atoms with van der Waals surface area (Å²) in [5, 5.41) is 7.33. The molecule has 0 aliphatic rings. The van der Waals surface area contributed by atoms with Crippen LogP contribution >= 0.6 is 0 Å². The first-order chi connectivity index (χ1) is 17.5. The molecule has 0 fully saturated rings. The van der Waals surface area contributed by atoms with Crippen molar-refractivity contribution in [2.24, 2.45) is 0 Å². The van der Waals surface area contributed by atoms with E-state index >= 15 is 0 Å². The van der Waals surface area contributed by atoms with Crippen LogP contribution < -0.4 is 16.0 Å². The Bertz CT molecular complexity index is 1100. The van der Waals surface area contributed by atoms with E-state index < -0.39 is 48.0 Å². The molecule has 37 heavy (non-hydrogen) atoms. The SMILES string of the molecule is COC(=O)c1ccc(C(=O)NC[C@H](NC(=O)OCc2ccccc2)C(=O)NCC(=O)OC(C)(C)C)cc1. The molecule has 2 rings (SSSR count). The number of alkyl carbamates (subject to hydrolysis) is 1. The number of benzene rings is 2. The molecular formula is C26H31N3O8. The first-order valence-corrected chi connectivity index (χ1v) is 11.4. The average molecular weight is 514 g/mol. The largest absolute Gasteiger partial charge is 0.465 e. The zero-order valence-electron chi connectivity index (χ0n) is 21.2. The lowest BCUT2D eigenvalue weighted by atomic mass is 10.1. The van der Waals surface area contributed by atoms with Gasteiger partial charge in [0.15, 0.2) is 0 Å². The predicted octanol–water partition coefficient (Wildman–Crippen LogP) is 1.96. The molecule has 0 aliphatic heterocycles. The van der Waals surface area contributed by atoms with Gasteiger partial charge in [-0.15, -0.1) is 0 Å². The van der Waals surface area contributed by atoms with Crippen LogP contribution in [-0.2, 0) is 30.4 Å². The van der Waals surface area contributed by atoms with Crippen molar-refractivity contribution in [1.29, 1.82) is 0 Å². The first-order valence-electron chi connectivity index (χ1n) is 11.4. The molecule has 1 atom stereocenters. The normalized spacial score (nSPS) is 11.5. The molecule has 0 saturated carbocycles. The van der Waals surface area contributed by atoms with E-state index in [9.17, 15) is 24.0 Å². The topological polar surface area (TPSA) is 149 Å². The number of nitrogens with one attached hydrogen (secondary N) is 3. The van der Waals surface area contributed by atoms with Crippen molar-refractivity contribution in [1.82, 2.24) is 16.0 Å². The minimum Gasteiger partial charge on any atom is -0.465 e. The molecular weight excluding hydrogens is 482 g/mol. The predicted molar refractivity (Wildman–Crippen MR) is 133 cm³/mol. The highest BCUT2D eigenvalue weighted by atomic mass is 16.6. The average Bonchev–Trinajstić information content (AvgIpc) is 2.87. The Hall–Kier alpha value is -4.41. The molecule has 3 amide bonds. The van der Waals surface area contributed by atoms with Crippen LogP contribution in [0.5, 0.6) is 0 Å². The second-order valence-corrected chi connectivity index (χ2v) is 8.84. The fraction of sp³-hybridized carbons (Fsp3) is 0.346. The van der Waals surface area contributed by atoms with Crippen molar-refractivity contribution in [3.05, 3.63) is 71.3 Å². The number of ether oxygens (including phenoxy) is 3. The summed E-state index contributed by atoms with van der Waals surface area (Å²) in [6, 6.07) is 13.4. The Morgan fingerprint density at radius 2 is 1.49 bits per heavy atom. The van der Waals surface area contributed by atoms with E-state index in [4.69, 9.17) is 9.47 Å². The summed E-state index contributed by atoms with van der Waals surface area (Å²) < 4.78 is 14.9. The molecule has 0 bridgehead atoms. The van der Waals surface area contributed by atoms with Crippen LogP contribution in [0.4, 0.5) is 4.79 Å². The van der Waals surface area contributed by atoms with Gasteiger partial charge in [0.2, 0.25) is 5.91 Å². The maximum absolute atomic E-state index is 12.7. The van der Waals surface area contributed by atoms with Gasteiger partial charge < -0.3 is 30.2 Å². The van der Waals surface area contributed by atoms with Gasteiger partial charge in [0.25, 0.3) is 5.91 Å². The van der Waals surface area contributed by atoms with E-state index in [-0.39, 0.29) is 24.3 Å². The number of carbonyl (C=O) groups is 5. The van der Waals surface area contributed by atoms with Crippen LogP contribution in [0.1, 0.15) is 47.1 Å². The second kappa shape index (κ2) is 13.6. The van der Waals surface area contributed by atoms with Crippen LogP contribution in [0.2, 0.25) is 0 Å². The van der Waals surface area contributed by atoms with Crippen LogP contribution in [0.25, 0.3) is 0 Å². The molecule has 3 N–H and O–H groups in total. The smallest absolute Gasteiger partial charge is 0.408 e. The van der Waals surface area contributed by atoms with Gasteiger partial charge in [0, 0.05) is 12.1 Å². The number of rotatable bonds is 10. The first kappa shape index (κ1) is 28.8. The van der Waals surface area contributed by atoms with Crippen molar-refractivity contribution < 1.29 is 38.2 Å². The molecule has 0 saturated heterocycles. The molecule has 0 spiro atoms. The van der Waals surface area contributed by atoms with Gasteiger partial charge in [-0.3, -0.25) is 14.4 Å². The third kappa shape index (κ3) is 10.4. The summed E-state index contributed by atoms with van der Waals surface area (Å²) in [7, 11) is 1.24. The van der Waals surface area contributed by atoms with E-state index in [0.717, 1.165) is 5.56 Å². The van der Waals surface area contributed by atoms with Crippen LogP contribution in [0, 0.1) is 0 Å². The highest BCUT2D eigenvalue weighted by Gasteiger charge is 2.24. The lowest BCUT2D eigenvalue weighted by Crippen LogP contribution is -2.53. The lowest BCUT2D eigenvalue weighted by Gasteiger charge is -2.21. The minimum absolute atomic E-state index is 0.0299. The van der Waals surface area contributed by atoms with Gasteiger partial charge in [0.05, 0.1) is 12.7 Å². The second-order valence-electron chi connectivity index (χ2n) is 8.84. The van der Waals surface area contributed by atoms with E-state index in [1.165, 1.54) is 31.4 Å². The third-order valence-electron chi connectivity index (χ3n) is 4.68. The lowest BCUT2D eigenvalue weighted by molar-refractivity contribution is -0.154. The van der Waals surface area contributed by atoms with E-state index in [2.05, 4.69) is 20.7 Å². The monoisotopic (exact) mass is 513 g/mol. The van der Waals surface area contributed by atoms with Gasteiger partial charge in [-0.2, -0.15) is 0 Å². The highest BCUT2D eigenvalue weighted by Crippen LogP contribution is 2.07. The number of methoxy groups -OCH3 is 1. The fourth-order valence-electron chi connectivity index (χ4n) is 2.95. The third-order valence-corrected chi connectivity index (χ3v) is 4.68. The number of esters is 2. The highest BCUT2D eigenvalue weighted by molar-refractivity contribution is 5.97. The van der Waals surface area contributed by atoms with Crippen molar-refractivity contribution in [2.75, 3.05) is 20.2 Å².